The predicted molar refractivity (Wildman–Crippen MR) is 174 cm³/mol. The van der Waals surface area contributed by atoms with E-state index in [4.69, 9.17) is 10.00 Å². The van der Waals surface area contributed by atoms with Gasteiger partial charge in [0.05, 0.1) is 30.4 Å². The van der Waals surface area contributed by atoms with Crippen LogP contribution < -0.4 is 10.2 Å². The molecule has 10 heteroatoms. The highest BCUT2D eigenvalue weighted by molar-refractivity contribution is 5.99. The van der Waals surface area contributed by atoms with Crippen molar-refractivity contribution >= 4 is 23.3 Å². The zero-order chi connectivity index (χ0) is 31.9. The Labute approximate surface area is 270 Å². The van der Waals surface area contributed by atoms with Crippen LogP contribution in [0.4, 0.5) is 5.69 Å². The van der Waals surface area contributed by atoms with Gasteiger partial charge in [-0.05, 0) is 79.8 Å². The summed E-state index contributed by atoms with van der Waals surface area (Å²) < 4.78 is 5.43. The molecule has 3 aliphatic heterocycles. The third kappa shape index (κ3) is 7.61. The molecule has 0 saturated carbocycles. The van der Waals surface area contributed by atoms with Gasteiger partial charge in [-0.3, -0.25) is 24.3 Å². The van der Waals surface area contributed by atoms with Crippen LogP contribution in [0.5, 0.6) is 0 Å². The van der Waals surface area contributed by atoms with Crippen molar-refractivity contribution in [1.29, 1.82) is 5.26 Å². The van der Waals surface area contributed by atoms with Crippen molar-refractivity contribution in [2.24, 2.45) is 5.92 Å². The van der Waals surface area contributed by atoms with Crippen LogP contribution in [-0.4, -0.2) is 90.9 Å². The maximum absolute atomic E-state index is 13.2. The Balaban J connectivity index is 0.937. The zero-order valence-electron chi connectivity index (χ0n) is 26.1. The Hall–Kier alpha value is -4.59. The Morgan fingerprint density at radius 3 is 2.13 bits per heavy atom. The number of Topliss-reactive ketones (excluding diaryl/α,β-unsaturated/α-hetero) is 1. The van der Waals surface area contributed by atoms with Crippen molar-refractivity contribution in [3.8, 4) is 6.07 Å². The van der Waals surface area contributed by atoms with Gasteiger partial charge in [-0.2, -0.15) is 5.26 Å². The summed E-state index contributed by atoms with van der Waals surface area (Å²) in [4.78, 5) is 50.0. The third-order valence-electron chi connectivity index (χ3n) is 9.34. The van der Waals surface area contributed by atoms with E-state index in [1.165, 1.54) is 11.8 Å². The lowest BCUT2D eigenvalue weighted by Gasteiger charge is -2.32. The number of hydrogen-bond acceptors (Lipinski definition) is 8. The van der Waals surface area contributed by atoms with Crippen molar-refractivity contribution in [3.05, 3.63) is 94.8 Å². The van der Waals surface area contributed by atoms with E-state index in [0.29, 0.717) is 48.3 Å². The molecule has 1 N–H and O–H groups in total. The van der Waals surface area contributed by atoms with Crippen LogP contribution in [0.25, 0.3) is 0 Å². The summed E-state index contributed by atoms with van der Waals surface area (Å²) in [5.74, 6) is -0.336. The van der Waals surface area contributed by atoms with Gasteiger partial charge >= 0.3 is 0 Å². The largest absolute Gasteiger partial charge is 0.378 e. The van der Waals surface area contributed by atoms with E-state index in [0.717, 1.165) is 64.5 Å². The first-order valence-electron chi connectivity index (χ1n) is 16.2. The molecule has 2 aromatic carbocycles. The lowest BCUT2D eigenvalue weighted by Crippen LogP contribution is -2.44. The Kier molecular flexibility index (Phi) is 10.0. The molecule has 1 aromatic heterocycles. The van der Waals surface area contributed by atoms with Crippen LogP contribution in [0.3, 0.4) is 0 Å². The van der Waals surface area contributed by atoms with Crippen molar-refractivity contribution in [2.75, 3.05) is 57.4 Å². The number of anilines is 1. The lowest BCUT2D eigenvalue weighted by molar-refractivity contribution is 0.0649. The van der Waals surface area contributed by atoms with Gasteiger partial charge in [0.1, 0.15) is 5.69 Å². The molecule has 3 aliphatic rings. The number of nitriles is 1. The predicted octanol–water partition coefficient (Wildman–Crippen LogP) is 3.92. The monoisotopic (exact) mass is 620 g/mol. The summed E-state index contributed by atoms with van der Waals surface area (Å²) in [6.45, 7) is 6.73. The minimum absolute atomic E-state index is 0.0690. The molecule has 4 heterocycles. The van der Waals surface area contributed by atoms with E-state index in [-0.39, 0.29) is 29.6 Å². The number of hydrogen-bond donors (Lipinski definition) is 1. The number of piperidine rings is 2. The molecule has 6 rings (SSSR count). The van der Waals surface area contributed by atoms with Crippen LogP contribution in [0.15, 0.2) is 66.9 Å². The number of pyridine rings is 1. The molecule has 3 aromatic rings. The maximum atomic E-state index is 13.2. The number of morpholine rings is 1. The molecule has 0 spiro atoms. The Bertz CT molecular complexity index is 1550. The number of ether oxygens (including phenoxy) is 1. The number of rotatable bonds is 8. The summed E-state index contributed by atoms with van der Waals surface area (Å²) in [6, 6.07) is 21.0. The van der Waals surface area contributed by atoms with Gasteiger partial charge in [0.2, 0.25) is 0 Å². The molecule has 0 atom stereocenters. The van der Waals surface area contributed by atoms with Gasteiger partial charge in [0.25, 0.3) is 11.8 Å². The molecule has 0 bridgehead atoms. The topological polar surface area (TPSA) is 119 Å². The van der Waals surface area contributed by atoms with E-state index in [1.807, 2.05) is 48.5 Å². The van der Waals surface area contributed by atoms with Crippen LogP contribution >= 0.6 is 0 Å². The van der Waals surface area contributed by atoms with Gasteiger partial charge in [0, 0.05) is 75.2 Å². The summed E-state index contributed by atoms with van der Waals surface area (Å²) in [5.41, 5.74) is 4.38. The van der Waals surface area contributed by atoms with Crippen LogP contribution in [-0.2, 0) is 11.3 Å². The molecular weight excluding hydrogens is 580 g/mol. The van der Waals surface area contributed by atoms with Crippen molar-refractivity contribution < 1.29 is 19.1 Å². The second-order valence-electron chi connectivity index (χ2n) is 12.3. The average molecular weight is 621 g/mol. The molecule has 0 unspecified atom stereocenters. The molecule has 10 nitrogen and oxygen atoms in total. The zero-order valence-corrected chi connectivity index (χ0v) is 26.1. The van der Waals surface area contributed by atoms with E-state index >= 15 is 0 Å². The van der Waals surface area contributed by atoms with Gasteiger partial charge in [0.15, 0.2) is 5.78 Å². The molecule has 3 saturated heterocycles. The van der Waals surface area contributed by atoms with Gasteiger partial charge in [-0.1, -0.05) is 12.1 Å². The standard InChI is InChI=1S/C36H40N6O4/c37-23-26-1-3-27(4-2-26)25-40-15-13-31(14-16-40)39-35(44)33-10-7-30(24-38-33)36(45)42-17-11-29(12-18-42)34(43)28-5-8-32(9-6-28)41-19-21-46-22-20-41/h1-10,24,29,31H,11-22,25H2,(H,39,44). The first-order valence-corrected chi connectivity index (χ1v) is 16.2. The molecule has 0 aliphatic carbocycles. The number of likely N-dealkylation sites (tertiary alicyclic amines) is 2. The molecule has 0 radical (unpaired) electrons. The Morgan fingerprint density at radius 2 is 1.50 bits per heavy atom. The van der Waals surface area contributed by atoms with Crippen LogP contribution in [0.1, 0.15) is 68.0 Å². The normalized spacial score (nSPS) is 18.2. The molecule has 3 fully saturated rings. The summed E-state index contributed by atoms with van der Waals surface area (Å²) in [6.07, 6.45) is 4.41. The summed E-state index contributed by atoms with van der Waals surface area (Å²) in [5, 5.41) is 12.1. The molecule has 2 amide bonds. The smallest absolute Gasteiger partial charge is 0.270 e. The van der Waals surface area contributed by atoms with E-state index < -0.39 is 0 Å². The third-order valence-corrected chi connectivity index (χ3v) is 9.34. The highest BCUT2D eigenvalue weighted by atomic mass is 16.5. The van der Waals surface area contributed by atoms with Gasteiger partial charge in [-0.25, -0.2) is 0 Å². The second kappa shape index (κ2) is 14.7. The summed E-state index contributed by atoms with van der Waals surface area (Å²) >= 11 is 0. The minimum Gasteiger partial charge on any atom is -0.378 e. The van der Waals surface area contributed by atoms with Gasteiger partial charge < -0.3 is 19.9 Å². The van der Waals surface area contributed by atoms with Crippen LogP contribution in [0.2, 0.25) is 0 Å². The maximum Gasteiger partial charge on any atom is 0.270 e. The Morgan fingerprint density at radius 1 is 0.826 bits per heavy atom. The van der Waals surface area contributed by atoms with Crippen molar-refractivity contribution in [3.63, 3.8) is 0 Å². The van der Waals surface area contributed by atoms with E-state index in [1.54, 1.807) is 17.0 Å². The number of carbonyl (C=O) groups excluding carboxylic acids is 3. The quantitative estimate of drug-likeness (QED) is 0.377. The SMILES string of the molecule is N#Cc1ccc(CN2CCC(NC(=O)c3ccc(C(=O)N4CCC(C(=O)c5ccc(N6CCOCC6)cc5)CC4)cn3)CC2)cc1. The highest BCUT2D eigenvalue weighted by Crippen LogP contribution is 2.25. The number of benzene rings is 2. The fourth-order valence-electron chi connectivity index (χ4n) is 6.51. The molecular formula is C36H40N6O4. The number of amides is 2. The first-order chi connectivity index (χ1) is 22.5. The average Bonchev–Trinajstić information content (AvgIpc) is 3.13. The lowest BCUT2D eigenvalue weighted by atomic mass is 9.88. The van der Waals surface area contributed by atoms with Gasteiger partial charge in [-0.15, -0.1) is 0 Å². The number of nitrogens with one attached hydrogen (secondary N) is 1. The highest BCUT2D eigenvalue weighted by Gasteiger charge is 2.29. The van der Waals surface area contributed by atoms with E-state index in [9.17, 15) is 14.4 Å². The number of carbonyl (C=O) groups is 3. The number of aromatic nitrogens is 1. The number of nitrogens with zero attached hydrogens (tertiary/aromatic N) is 5. The van der Waals surface area contributed by atoms with Crippen LogP contribution in [0, 0.1) is 17.2 Å². The van der Waals surface area contributed by atoms with E-state index in [2.05, 4.69) is 26.2 Å². The molecule has 238 valence electrons. The van der Waals surface area contributed by atoms with Crippen molar-refractivity contribution in [2.45, 2.75) is 38.3 Å². The molecule has 46 heavy (non-hydrogen) atoms. The summed E-state index contributed by atoms with van der Waals surface area (Å²) in [7, 11) is 0. The second-order valence-corrected chi connectivity index (χ2v) is 12.3. The fourth-order valence-corrected chi connectivity index (χ4v) is 6.51. The number of ketones is 1. The minimum atomic E-state index is -0.234. The first kappa shape index (κ1) is 31.4. The fraction of sp³-hybridized carbons (Fsp3) is 0.417. The van der Waals surface area contributed by atoms with Crippen molar-refractivity contribution in [1.82, 2.24) is 20.1 Å².